The van der Waals surface area contributed by atoms with Crippen LogP contribution in [0.25, 0.3) is 0 Å². The van der Waals surface area contributed by atoms with Crippen LogP contribution in [0.3, 0.4) is 0 Å². The number of ether oxygens (including phenoxy) is 1. The zero-order valence-electron chi connectivity index (χ0n) is 27.5. The molecule has 3 saturated carbocycles. The first-order valence-corrected chi connectivity index (χ1v) is 18.0. The van der Waals surface area contributed by atoms with Crippen molar-refractivity contribution in [3.8, 4) is 0 Å². The van der Waals surface area contributed by atoms with Crippen molar-refractivity contribution in [2.45, 2.75) is 124 Å². The first-order chi connectivity index (χ1) is 20.2. The monoisotopic (exact) mass is 646 g/mol. The molecule has 244 valence electrons. The van der Waals surface area contributed by atoms with Crippen LogP contribution >= 0.6 is 7.82 Å². The van der Waals surface area contributed by atoms with Gasteiger partial charge in [0.05, 0.1) is 12.7 Å². The molecular formula is C33H52NaO9P. The molecule has 9 nitrogen and oxygen atoms in total. The van der Waals surface area contributed by atoms with Crippen LogP contribution in [-0.4, -0.2) is 46.2 Å². The fraction of sp³-hybridized carbons (Fsp3) is 0.848. The van der Waals surface area contributed by atoms with Crippen LogP contribution < -0.4 is 34.5 Å². The van der Waals surface area contributed by atoms with E-state index in [0.29, 0.717) is 30.1 Å². The van der Waals surface area contributed by atoms with E-state index < -0.39 is 50.2 Å². The third-order valence-corrected chi connectivity index (χ3v) is 13.2. The van der Waals surface area contributed by atoms with E-state index >= 15 is 0 Å². The summed E-state index contributed by atoms with van der Waals surface area (Å²) in [7, 11) is -5.04. The predicted molar refractivity (Wildman–Crippen MR) is 159 cm³/mol. The molecule has 0 aromatic carbocycles. The number of hydrogen-bond acceptors (Lipinski definition) is 9. The third-order valence-electron chi connectivity index (χ3n) is 12.2. The maximum Gasteiger partial charge on any atom is 1.00 e. The largest absolute Gasteiger partial charge is 1.00 e. The number of esters is 1. The Kier molecular flexibility index (Phi) is 11.6. The first-order valence-electron chi connectivity index (χ1n) is 16.5. The summed E-state index contributed by atoms with van der Waals surface area (Å²) in [4.78, 5) is 24.9. The van der Waals surface area contributed by atoms with Gasteiger partial charge in [0.2, 0.25) is 0 Å². The van der Waals surface area contributed by atoms with Gasteiger partial charge in [0, 0.05) is 0 Å². The van der Waals surface area contributed by atoms with Crippen LogP contribution in [0.1, 0.15) is 105 Å². The molecule has 1 heterocycles. The van der Waals surface area contributed by atoms with Crippen molar-refractivity contribution in [1.29, 1.82) is 0 Å². The number of carbonyl (C=O) groups is 1. The second-order valence-electron chi connectivity index (χ2n) is 15.1. The van der Waals surface area contributed by atoms with Crippen molar-refractivity contribution >= 4 is 13.8 Å². The second-order valence-corrected chi connectivity index (χ2v) is 16.4. The standard InChI is InChI=1S/C33H53O9P.Na/c1-19(2)7-6-8-20(3)24-11-12-25-23-10-9-21-17-22(13-15-32(21,4)26(23)14-16-33(24,25)5)41-43(38,39)42-30-28(36)29(27(35)18-34)40-31(30)37;/h9,19-20,22-27,29,34-36H,6-8,10-18H2,1-5H3,(H,38,39);/q;+1/p-1/t20-,22+,23+,24-,25+,26+,27+,29-,32+,33-;/m1./s1. The molecule has 5 rings (SSSR count). The molecule has 0 radical (unpaired) electrons. The van der Waals surface area contributed by atoms with Gasteiger partial charge in [-0.15, -0.1) is 0 Å². The Balaban J connectivity index is 0.00000442. The Morgan fingerprint density at radius 1 is 1.11 bits per heavy atom. The number of aliphatic hydroxyl groups is 3. The van der Waals surface area contributed by atoms with Gasteiger partial charge in [0.25, 0.3) is 5.76 Å². The molecule has 4 aliphatic carbocycles. The Bertz CT molecular complexity index is 1170. The Morgan fingerprint density at radius 2 is 1.84 bits per heavy atom. The number of aliphatic hydroxyl groups excluding tert-OH is 3. The van der Waals surface area contributed by atoms with E-state index in [1.165, 1.54) is 50.5 Å². The fourth-order valence-corrected chi connectivity index (χ4v) is 10.9. The van der Waals surface area contributed by atoms with E-state index in [2.05, 4.69) is 40.7 Å². The van der Waals surface area contributed by atoms with Crippen molar-refractivity contribution < 1.29 is 72.9 Å². The quantitative estimate of drug-likeness (QED) is 0.134. The normalized spacial score (nSPS) is 39.3. The van der Waals surface area contributed by atoms with Crippen molar-refractivity contribution in [2.75, 3.05) is 6.61 Å². The number of allylic oxidation sites excluding steroid dienone is 1. The number of rotatable bonds is 11. The van der Waals surface area contributed by atoms with Crippen molar-refractivity contribution in [1.82, 2.24) is 0 Å². The van der Waals surface area contributed by atoms with E-state index in [1.54, 1.807) is 0 Å². The van der Waals surface area contributed by atoms with Crippen LogP contribution in [0.2, 0.25) is 0 Å². The number of phosphoric acid groups is 1. The number of cyclic esters (lactones) is 1. The van der Waals surface area contributed by atoms with Gasteiger partial charge in [-0.1, -0.05) is 65.5 Å². The average molecular weight is 647 g/mol. The smallest absolute Gasteiger partial charge is 0.746 e. The molecule has 1 unspecified atom stereocenters. The third kappa shape index (κ3) is 6.92. The molecule has 3 N–H and O–H groups in total. The molecule has 5 aliphatic rings. The van der Waals surface area contributed by atoms with E-state index in [4.69, 9.17) is 18.9 Å². The van der Waals surface area contributed by atoms with Crippen LogP contribution in [0.5, 0.6) is 0 Å². The predicted octanol–water partition coefficient (Wildman–Crippen LogP) is 2.95. The zero-order valence-corrected chi connectivity index (χ0v) is 30.4. The van der Waals surface area contributed by atoms with Gasteiger partial charge < -0.3 is 34.0 Å². The molecule has 3 fully saturated rings. The minimum absolute atomic E-state index is 0. The second kappa shape index (κ2) is 14.0. The molecule has 0 aromatic rings. The summed E-state index contributed by atoms with van der Waals surface area (Å²) in [6, 6.07) is 0. The summed E-state index contributed by atoms with van der Waals surface area (Å²) in [5.41, 5.74) is 1.68. The summed E-state index contributed by atoms with van der Waals surface area (Å²) in [6.45, 7) is 11.3. The summed E-state index contributed by atoms with van der Waals surface area (Å²) in [6.07, 6.45) is 10.5. The summed E-state index contributed by atoms with van der Waals surface area (Å²) in [5, 5.41) is 29.0. The molecule has 0 aromatic heterocycles. The van der Waals surface area contributed by atoms with Crippen LogP contribution in [0.4, 0.5) is 0 Å². The van der Waals surface area contributed by atoms with E-state index in [-0.39, 0.29) is 35.0 Å². The van der Waals surface area contributed by atoms with E-state index in [9.17, 15) is 24.5 Å². The van der Waals surface area contributed by atoms with E-state index in [0.717, 1.165) is 36.5 Å². The van der Waals surface area contributed by atoms with Crippen LogP contribution in [-0.2, 0) is 23.1 Å². The van der Waals surface area contributed by atoms with Gasteiger partial charge in [-0.05, 0) is 97.7 Å². The Hall–Kier alpha value is -0.380. The molecule has 0 amide bonds. The minimum atomic E-state index is -5.04. The molecule has 11 heteroatoms. The SMILES string of the molecule is CC(C)CCC[C@@H](C)[C@H]1CC[C@H]2[C@@H]3CC=C4C[C@@H](OP(=O)([O-])OC5=C(O)[C@@H]([C@@H](O)CO)OC5=O)CC[C@]4(C)[C@H]3CC[C@]12C.[Na+]. The number of carbonyl (C=O) groups excluding carboxylic acids is 1. The summed E-state index contributed by atoms with van der Waals surface area (Å²) >= 11 is 0. The van der Waals surface area contributed by atoms with Crippen molar-refractivity contribution in [3.05, 3.63) is 23.2 Å². The average Bonchev–Trinajstić information content (AvgIpc) is 3.43. The van der Waals surface area contributed by atoms with Gasteiger partial charge in [-0.25, -0.2) is 4.79 Å². The Morgan fingerprint density at radius 3 is 2.52 bits per heavy atom. The molecule has 0 bridgehead atoms. The van der Waals surface area contributed by atoms with Gasteiger partial charge in [-0.2, -0.15) is 0 Å². The van der Waals surface area contributed by atoms with Crippen LogP contribution in [0, 0.1) is 46.3 Å². The molecule has 0 spiro atoms. The number of fused-ring (bicyclic) bond motifs is 5. The molecule has 11 atom stereocenters. The van der Waals surface area contributed by atoms with Gasteiger partial charge >= 0.3 is 43.3 Å². The maximum absolute atomic E-state index is 12.8. The summed E-state index contributed by atoms with van der Waals surface area (Å²) in [5.74, 6) is 1.26. The molecular weight excluding hydrogens is 594 g/mol. The first kappa shape index (κ1) is 36.5. The zero-order chi connectivity index (χ0) is 31.3. The van der Waals surface area contributed by atoms with Gasteiger partial charge in [0.1, 0.15) is 6.10 Å². The van der Waals surface area contributed by atoms with Gasteiger partial charge in [0.15, 0.2) is 11.9 Å². The van der Waals surface area contributed by atoms with Crippen molar-refractivity contribution in [2.24, 2.45) is 46.3 Å². The fourth-order valence-electron chi connectivity index (χ4n) is 9.96. The van der Waals surface area contributed by atoms with E-state index in [1.807, 2.05) is 0 Å². The topological polar surface area (TPSA) is 146 Å². The number of phosphoric ester groups is 1. The maximum atomic E-state index is 12.8. The molecule has 44 heavy (non-hydrogen) atoms. The molecule has 0 saturated heterocycles. The van der Waals surface area contributed by atoms with Crippen LogP contribution in [0.15, 0.2) is 23.2 Å². The van der Waals surface area contributed by atoms with Crippen molar-refractivity contribution in [3.63, 3.8) is 0 Å². The minimum Gasteiger partial charge on any atom is -0.746 e. The number of hydrogen-bond donors (Lipinski definition) is 3. The Labute approximate surface area is 285 Å². The molecule has 1 aliphatic heterocycles. The van der Waals surface area contributed by atoms with Gasteiger partial charge in [-0.3, -0.25) is 4.57 Å². The summed E-state index contributed by atoms with van der Waals surface area (Å²) < 4.78 is 27.8.